The van der Waals surface area contributed by atoms with Crippen LogP contribution in [0.5, 0.6) is 0 Å². The number of ether oxygens (including phenoxy) is 1. The fraction of sp³-hybridized carbons (Fsp3) is 0.556. The van der Waals surface area contributed by atoms with Crippen molar-refractivity contribution >= 4 is 23.5 Å². The summed E-state index contributed by atoms with van der Waals surface area (Å²) in [6, 6.07) is 7.44. The summed E-state index contributed by atoms with van der Waals surface area (Å²) in [4.78, 5) is 25.2. The molecule has 0 spiro atoms. The van der Waals surface area contributed by atoms with Gasteiger partial charge in [-0.2, -0.15) is 0 Å². The molecule has 5 nitrogen and oxygen atoms in total. The fourth-order valence-electron chi connectivity index (χ4n) is 3.05. The van der Waals surface area contributed by atoms with Gasteiger partial charge in [0.05, 0.1) is 31.7 Å². The van der Waals surface area contributed by atoms with Gasteiger partial charge in [0.15, 0.2) is 6.54 Å². The van der Waals surface area contributed by atoms with Gasteiger partial charge in [0.2, 0.25) is 0 Å². The first-order valence-corrected chi connectivity index (χ1v) is 8.92. The van der Waals surface area contributed by atoms with E-state index in [1.165, 1.54) is 4.90 Å². The molecule has 0 aliphatic carbocycles. The number of halogens is 1. The molecule has 2 N–H and O–H groups in total. The zero-order valence-corrected chi connectivity index (χ0v) is 15.1. The summed E-state index contributed by atoms with van der Waals surface area (Å²) in [7, 11) is 0. The lowest BCUT2D eigenvalue weighted by Gasteiger charge is -2.28. The van der Waals surface area contributed by atoms with Crippen molar-refractivity contribution in [1.29, 1.82) is 0 Å². The van der Waals surface area contributed by atoms with Crippen molar-refractivity contribution in [2.24, 2.45) is 5.92 Å². The third-order valence-corrected chi connectivity index (χ3v) is 4.72. The van der Waals surface area contributed by atoms with E-state index in [1.54, 1.807) is 0 Å². The van der Waals surface area contributed by atoms with Gasteiger partial charge in [-0.3, -0.25) is 9.59 Å². The molecule has 1 heterocycles. The molecule has 0 aromatic heterocycles. The second-order valence-corrected chi connectivity index (χ2v) is 6.73. The molecule has 0 saturated carbocycles. The van der Waals surface area contributed by atoms with E-state index in [4.69, 9.17) is 16.3 Å². The summed E-state index contributed by atoms with van der Waals surface area (Å²) in [6.07, 6.45) is 1.57. The molecule has 1 atom stereocenters. The van der Waals surface area contributed by atoms with Crippen LogP contribution in [0.2, 0.25) is 5.02 Å². The first-order chi connectivity index (χ1) is 11.5. The molecule has 0 bridgehead atoms. The Morgan fingerprint density at radius 1 is 1.29 bits per heavy atom. The van der Waals surface area contributed by atoms with Crippen molar-refractivity contribution in [1.82, 2.24) is 5.32 Å². The minimum atomic E-state index is -0.0997. The van der Waals surface area contributed by atoms with E-state index in [0.29, 0.717) is 18.2 Å². The highest BCUT2D eigenvalue weighted by molar-refractivity contribution is 6.30. The van der Waals surface area contributed by atoms with Gasteiger partial charge in [0, 0.05) is 17.9 Å². The Morgan fingerprint density at radius 3 is 2.50 bits per heavy atom. The van der Waals surface area contributed by atoms with Crippen LogP contribution in [0.4, 0.5) is 0 Å². The number of carbonyl (C=O) groups excluding carboxylic acids is 2. The van der Waals surface area contributed by atoms with Gasteiger partial charge < -0.3 is 15.0 Å². The fourth-order valence-corrected chi connectivity index (χ4v) is 3.18. The van der Waals surface area contributed by atoms with Crippen molar-refractivity contribution < 1.29 is 19.2 Å². The van der Waals surface area contributed by atoms with Crippen molar-refractivity contribution in [3.63, 3.8) is 0 Å². The maximum absolute atomic E-state index is 12.2. The topological polar surface area (TPSA) is 59.8 Å². The Morgan fingerprint density at radius 2 is 1.92 bits per heavy atom. The molecule has 24 heavy (non-hydrogen) atoms. The minimum Gasteiger partial charge on any atom is -0.466 e. The van der Waals surface area contributed by atoms with Gasteiger partial charge in [-0.1, -0.05) is 23.7 Å². The third-order valence-electron chi connectivity index (χ3n) is 4.47. The number of hydrogen-bond donors (Lipinski definition) is 2. The van der Waals surface area contributed by atoms with Gasteiger partial charge in [-0.25, -0.2) is 0 Å². The summed E-state index contributed by atoms with van der Waals surface area (Å²) in [5.41, 5.74) is 1.03. The molecule has 1 aliphatic rings. The number of benzene rings is 1. The summed E-state index contributed by atoms with van der Waals surface area (Å²) in [6.45, 7) is 6.30. The number of rotatable bonds is 6. The molecule has 1 aliphatic heterocycles. The number of quaternary nitrogens is 1. The van der Waals surface area contributed by atoms with Crippen LogP contribution in [0.15, 0.2) is 24.3 Å². The first-order valence-electron chi connectivity index (χ1n) is 8.54. The van der Waals surface area contributed by atoms with Crippen molar-refractivity contribution in [2.45, 2.75) is 32.7 Å². The number of piperidine rings is 1. The van der Waals surface area contributed by atoms with E-state index in [1.807, 2.05) is 38.1 Å². The molecular weight excluding hydrogens is 328 g/mol. The summed E-state index contributed by atoms with van der Waals surface area (Å²) >= 11 is 5.88. The van der Waals surface area contributed by atoms with E-state index < -0.39 is 0 Å². The summed E-state index contributed by atoms with van der Waals surface area (Å²) < 4.78 is 5.07. The van der Waals surface area contributed by atoms with Crippen LogP contribution in [0.1, 0.15) is 38.3 Å². The monoisotopic (exact) mass is 353 g/mol. The molecular formula is C18H26ClN2O3+. The minimum absolute atomic E-state index is 0.00949. The van der Waals surface area contributed by atoms with Gasteiger partial charge in [-0.15, -0.1) is 0 Å². The first kappa shape index (κ1) is 18.7. The molecule has 1 saturated heterocycles. The second-order valence-electron chi connectivity index (χ2n) is 6.29. The Kier molecular flexibility index (Phi) is 7.06. The molecule has 0 unspecified atom stereocenters. The lowest BCUT2D eigenvalue weighted by molar-refractivity contribution is -0.897. The average molecular weight is 354 g/mol. The molecule has 2 rings (SSSR count). The van der Waals surface area contributed by atoms with Crippen molar-refractivity contribution in [2.75, 3.05) is 26.2 Å². The largest absolute Gasteiger partial charge is 0.466 e. The smallest absolute Gasteiger partial charge is 0.309 e. The highest BCUT2D eigenvalue weighted by Gasteiger charge is 2.29. The van der Waals surface area contributed by atoms with Gasteiger partial charge in [0.25, 0.3) is 5.91 Å². The molecule has 6 heteroatoms. The maximum Gasteiger partial charge on any atom is 0.309 e. The zero-order chi connectivity index (χ0) is 17.5. The summed E-state index contributed by atoms with van der Waals surface area (Å²) in [5, 5.41) is 3.71. The molecule has 1 aromatic carbocycles. The highest BCUT2D eigenvalue weighted by atomic mass is 35.5. The van der Waals surface area contributed by atoms with Crippen LogP contribution >= 0.6 is 11.6 Å². The third kappa shape index (κ3) is 5.49. The highest BCUT2D eigenvalue weighted by Crippen LogP contribution is 2.16. The van der Waals surface area contributed by atoms with Crippen LogP contribution < -0.4 is 10.2 Å². The van der Waals surface area contributed by atoms with Crippen LogP contribution in [-0.2, 0) is 14.3 Å². The number of carbonyl (C=O) groups is 2. The van der Waals surface area contributed by atoms with Gasteiger partial charge >= 0.3 is 5.97 Å². The van der Waals surface area contributed by atoms with Crippen LogP contribution in [0, 0.1) is 5.92 Å². The molecule has 1 aromatic rings. The molecule has 0 radical (unpaired) electrons. The quantitative estimate of drug-likeness (QED) is 0.759. The second kappa shape index (κ2) is 9.04. The number of likely N-dealkylation sites (tertiary alicyclic amines) is 1. The van der Waals surface area contributed by atoms with Crippen LogP contribution in [0.25, 0.3) is 0 Å². The Labute approximate surface area is 148 Å². The average Bonchev–Trinajstić information content (AvgIpc) is 2.56. The number of amides is 1. The van der Waals surface area contributed by atoms with Crippen LogP contribution in [-0.4, -0.2) is 38.1 Å². The van der Waals surface area contributed by atoms with E-state index in [9.17, 15) is 9.59 Å². The van der Waals surface area contributed by atoms with E-state index in [2.05, 4.69) is 5.32 Å². The SMILES string of the molecule is CCOC(=O)C1CC[NH+](CC(=O)N[C@@H](C)c2ccc(Cl)cc2)CC1. The molecule has 1 amide bonds. The van der Waals surface area contributed by atoms with Crippen molar-refractivity contribution in [3.8, 4) is 0 Å². The van der Waals surface area contributed by atoms with Crippen molar-refractivity contribution in [3.05, 3.63) is 34.9 Å². The molecule has 132 valence electrons. The lowest BCUT2D eigenvalue weighted by atomic mass is 9.97. The summed E-state index contributed by atoms with van der Waals surface area (Å²) in [5.74, 6) is -0.0795. The Balaban J connectivity index is 1.75. The number of nitrogens with one attached hydrogen (secondary N) is 2. The van der Waals surface area contributed by atoms with E-state index >= 15 is 0 Å². The maximum atomic E-state index is 12.2. The lowest BCUT2D eigenvalue weighted by Crippen LogP contribution is -3.14. The van der Waals surface area contributed by atoms with Crippen LogP contribution in [0.3, 0.4) is 0 Å². The number of esters is 1. The van der Waals surface area contributed by atoms with Gasteiger partial charge in [0.1, 0.15) is 0 Å². The molecule has 1 fully saturated rings. The number of hydrogen-bond acceptors (Lipinski definition) is 3. The van der Waals surface area contributed by atoms with E-state index in [-0.39, 0.29) is 23.8 Å². The normalized spacial score (nSPS) is 21.8. The zero-order valence-electron chi connectivity index (χ0n) is 14.3. The predicted molar refractivity (Wildman–Crippen MR) is 92.9 cm³/mol. The standard InChI is InChI=1S/C18H25ClN2O3/c1-3-24-18(23)15-8-10-21(11-9-15)12-17(22)20-13(2)14-4-6-16(19)7-5-14/h4-7,13,15H,3,8-12H2,1-2H3,(H,20,22)/p+1/t13-/m0/s1. The van der Waals surface area contributed by atoms with Gasteiger partial charge in [-0.05, 0) is 31.5 Å². The van der Waals surface area contributed by atoms with E-state index in [0.717, 1.165) is 31.5 Å². The Hall–Kier alpha value is -1.59. The predicted octanol–water partition coefficient (Wildman–Crippen LogP) is 1.38. The Bertz CT molecular complexity index is 554.